The van der Waals surface area contributed by atoms with Gasteiger partial charge in [0.2, 0.25) is 5.91 Å². The number of carbonyl (C=O) groups is 2. The van der Waals surface area contributed by atoms with Crippen LogP contribution in [0, 0.1) is 5.92 Å². The highest BCUT2D eigenvalue weighted by molar-refractivity contribution is 5.93. The number of hydrogen-bond acceptors (Lipinski definition) is 5. The maximum absolute atomic E-state index is 11.8. The lowest BCUT2D eigenvalue weighted by atomic mass is 9.89. The summed E-state index contributed by atoms with van der Waals surface area (Å²) in [5.41, 5.74) is 12.3. The minimum Gasteiger partial charge on any atom is -0.442 e. The van der Waals surface area contributed by atoms with Crippen LogP contribution < -0.4 is 16.4 Å². The van der Waals surface area contributed by atoms with Gasteiger partial charge in [0.25, 0.3) is 0 Å². The minimum atomic E-state index is -0.782. The van der Waals surface area contributed by atoms with E-state index in [1.807, 2.05) is 36.5 Å². The first kappa shape index (κ1) is 27.5. The van der Waals surface area contributed by atoms with E-state index in [2.05, 4.69) is 33.8 Å². The second kappa shape index (κ2) is 12.9. The van der Waals surface area contributed by atoms with Gasteiger partial charge in [-0.2, -0.15) is 0 Å². The van der Waals surface area contributed by atoms with Gasteiger partial charge in [-0.25, -0.2) is 4.79 Å². The molecule has 0 bridgehead atoms. The summed E-state index contributed by atoms with van der Waals surface area (Å²) < 4.78 is 5.62. The van der Waals surface area contributed by atoms with E-state index < -0.39 is 12.2 Å². The Labute approximate surface area is 235 Å². The number of fused-ring (bicyclic) bond motifs is 3. The van der Waals surface area contributed by atoms with Crippen LogP contribution in [-0.2, 0) is 22.4 Å². The maximum Gasteiger partial charge on any atom is 0.405 e. The Balaban J connectivity index is 1.29. The van der Waals surface area contributed by atoms with E-state index >= 15 is 0 Å². The number of nitrogens with two attached hydrogens (primary N) is 1. The fraction of sp³-hybridized carbons (Fsp3) is 0.406. The smallest absolute Gasteiger partial charge is 0.405 e. The fourth-order valence-corrected chi connectivity index (χ4v) is 5.98. The lowest BCUT2D eigenvalue weighted by Crippen LogP contribution is -2.25. The number of benzene rings is 2. The van der Waals surface area contributed by atoms with E-state index in [-0.39, 0.29) is 11.8 Å². The monoisotopic (exact) mass is 541 g/mol. The summed E-state index contributed by atoms with van der Waals surface area (Å²) in [7, 11) is 0. The normalized spacial score (nSPS) is 14.4. The molecule has 2 heterocycles. The average molecular weight is 542 g/mol. The zero-order valence-corrected chi connectivity index (χ0v) is 23.2. The summed E-state index contributed by atoms with van der Waals surface area (Å²) >= 11 is 0. The highest BCUT2D eigenvalue weighted by atomic mass is 16.6. The summed E-state index contributed by atoms with van der Waals surface area (Å²) in [5, 5.41) is 8.92. The Morgan fingerprint density at radius 3 is 2.77 bits per heavy atom. The van der Waals surface area contributed by atoms with Crippen molar-refractivity contribution in [1.82, 2.24) is 15.3 Å². The maximum atomic E-state index is 11.8. The molecule has 0 radical (unpaired) electrons. The molecule has 4 aromatic rings. The second-order valence-electron chi connectivity index (χ2n) is 10.8. The molecule has 8 nitrogen and oxygen atoms in total. The molecule has 5 rings (SSSR count). The molecule has 2 atom stereocenters. The summed E-state index contributed by atoms with van der Waals surface area (Å²) in [6.07, 6.45) is 8.43. The molecule has 2 amide bonds. The number of aryl methyl sites for hydroxylation is 1. The third-order valence-electron chi connectivity index (χ3n) is 7.94. The van der Waals surface area contributed by atoms with Gasteiger partial charge in [0.05, 0.1) is 5.52 Å². The molecular formula is C32H39N5O3. The number of nitrogens with zero attached hydrogens (tertiary/aromatic N) is 1. The van der Waals surface area contributed by atoms with Gasteiger partial charge in [-0.1, -0.05) is 24.3 Å². The Kier molecular flexibility index (Phi) is 8.84. The highest BCUT2D eigenvalue weighted by Gasteiger charge is 2.22. The van der Waals surface area contributed by atoms with E-state index in [9.17, 15) is 9.59 Å². The number of anilines is 1. The molecule has 8 heteroatoms. The van der Waals surface area contributed by atoms with Gasteiger partial charge in [0.1, 0.15) is 6.10 Å². The van der Waals surface area contributed by atoms with Crippen molar-refractivity contribution in [2.45, 2.75) is 64.4 Å². The van der Waals surface area contributed by atoms with Gasteiger partial charge in [-0.05, 0) is 98.1 Å². The summed E-state index contributed by atoms with van der Waals surface area (Å²) in [4.78, 5) is 31.5. The topological polar surface area (TPSA) is 122 Å². The van der Waals surface area contributed by atoms with Crippen molar-refractivity contribution in [3.05, 3.63) is 71.5 Å². The van der Waals surface area contributed by atoms with Crippen LogP contribution in [0.25, 0.3) is 21.8 Å². The van der Waals surface area contributed by atoms with E-state index in [1.165, 1.54) is 42.1 Å². The number of para-hydroxylation sites is 1. The Bertz CT molecular complexity index is 1480. The van der Waals surface area contributed by atoms with Gasteiger partial charge >= 0.3 is 6.09 Å². The van der Waals surface area contributed by atoms with Crippen LogP contribution in [-0.4, -0.2) is 35.1 Å². The lowest BCUT2D eigenvalue weighted by Gasteiger charge is -2.25. The quantitative estimate of drug-likeness (QED) is 0.160. The summed E-state index contributed by atoms with van der Waals surface area (Å²) in [6.45, 7) is 2.94. The molecule has 0 saturated carbocycles. The molecule has 1 aliphatic rings. The summed E-state index contributed by atoms with van der Waals surface area (Å²) in [6, 6.07) is 16.4. The molecule has 1 aliphatic carbocycles. The molecule has 0 spiro atoms. The van der Waals surface area contributed by atoms with E-state index in [1.54, 1.807) is 0 Å². The molecule has 2 aromatic heterocycles. The predicted molar refractivity (Wildman–Crippen MR) is 159 cm³/mol. The highest BCUT2D eigenvalue weighted by Crippen LogP contribution is 2.34. The lowest BCUT2D eigenvalue weighted by molar-refractivity contribution is -0.119. The zero-order valence-electron chi connectivity index (χ0n) is 23.2. The van der Waals surface area contributed by atoms with E-state index in [0.717, 1.165) is 60.6 Å². The van der Waals surface area contributed by atoms with Crippen molar-refractivity contribution >= 4 is 39.5 Å². The Morgan fingerprint density at radius 1 is 1.07 bits per heavy atom. The van der Waals surface area contributed by atoms with Crippen molar-refractivity contribution in [1.29, 1.82) is 0 Å². The third kappa shape index (κ3) is 6.73. The molecule has 2 aromatic carbocycles. The molecule has 210 valence electrons. The van der Waals surface area contributed by atoms with Gasteiger partial charge < -0.3 is 26.1 Å². The number of ether oxygens (including phenoxy) is 1. The van der Waals surface area contributed by atoms with Crippen LogP contribution in [0.5, 0.6) is 0 Å². The van der Waals surface area contributed by atoms with Crippen LogP contribution in [0.3, 0.4) is 0 Å². The molecular weight excluding hydrogens is 502 g/mol. The molecule has 2 unspecified atom stereocenters. The van der Waals surface area contributed by atoms with Crippen LogP contribution in [0.2, 0.25) is 0 Å². The average Bonchev–Trinajstić information content (AvgIpc) is 3.42. The third-order valence-corrected chi connectivity index (χ3v) is 7.94. The van der Waals surface area contributed by atoms with Gasteiger partial charge in [-0.15, -0.1) is 0 Å². The number of primary amides is 1. The first-order chi connectivity index (χ1) is 19.5. The van der Waals surface area contributed by atoms with E-state index in [0.29, 0.717) is 13.0 Å². The number of aromatic nitrogens is 2. The number of amides is 2. The summed E-state index contributed by atoms with van der Waals surface area (Å²) in [5.74, 6) is 0.181. The molecule has 0 saturated heterocycles. The van der Waals surface area contributed by atoms with Gasteiger partial charge in [0, 0.05) is 48.5 Å². The number of aromatic amines is 1. The molecule has 0 fully saturated rings. The van der Waals surface area contributed by atoms with Crippen molar-refractivity contribution in [2.75, 3.05) is 18.4 Å². The largest absolute Gasteiger partial charge is 0.442 e. The van der Waals surface area contributed by atoms with Crippen molar-refractivity contribution in [3.8, 4) is 0 Å². The van der Waals surface area contributed by atoms with Crippen LogP contribution in [0.15, 0.2) is 54.7 Å². The van der Waals surface area contributed by atoms with Crippen LogP contribution in [0.1, 0.15) is 68.4 Å². The number of rotatable bonds is 12. The molecule has 0 aliphatic heterocycles. The SMILES string of the molecule is CC(=O)NCCC(CCCNc1c2c(nc3ccccc13)CCCC2)CC(OC(N)=O)c1ccc2[nH]ccc2c1. The number of carbonyl (C=O) groups excluding carboxylic acids is 2. The Morgan fingerprint density at radius 2 is 1.93 bits per heavy atom. The zero-order chi connectivity index (χ0) is 27.9. The van der Waals surface area contributed by atoms with Crippen molar-refractivity contribution in [3.63, 3.8) is 0 Å². The van der Waals surface area contributed by atoms with Crippen LogP contribution in [0.4, 0.5) is 10.5 Å². The standard InChI is InChI=1S/C32H39N5O3/c1-21(38)34-17-14-22(19-30(40-32(33)39)24-12-13-27-23(20-24)15-18-35-27)7-6-16-36-31-25-8-2-4-10-28(25)37-29-11-5-3-9-26(29)31/h2,4,8,10,12-13,15,18,20,22,30,35H,3,5-7,9,11,14,16-17,19H2,1H3,(H2,33,39)(H,34,38)(H,36,37). The number of hydrogen-bond donors (Lipinski definition) is 4. The first-order valence-corrected chi connectivity index (χ1v) is 14.4. The number of pyridine rings is 1. The molecule has 40 heavy (non-hydrogen) atoms. The number of H-pyrrole nitrogens is 1. The van der Waals surface area contributed by atoms with Crippen molar-refractivity contribution < 1.29 is 14.3 Å². The van der Waals surface area contributed by atoms with Crippen LogP contribution >= 0.6 is 0 Å². The minimum absolute atomic E-state index is 0.0439. The van der Waals surface area contributed by atoms with E-state index in [4.69, 9.17) is 15.5 Å². The van der Waals surface area contributed by atoms with Crippen molar-refractivity contribution in [2.24, 2.45) is 11.7 Å². The fourth-order valence-electron chi connectivity index (χ4n) is 5.98. The molecule has 5 N–H and O–H groups in total. The first-order valence-electron chi connectivity index (χ1n) is 14.4. The van der Waals surface area contributed by atoms with Gasteiger partial charge in [-0.3, -0.25) is 9.78 Å². The Hall–Kier alpha value is -4.07. The predicted octanol–water partition coefficient (Wildman–Crippen LogP) is 6.16. The van der Waals surface area contributed by atoms with Gasteiger partial charge in [0.15, 0.2) is 0 Å². The second-order valence-corrected chi connectivity index (χ2v) is 10.8. The number of nitrogens with one attached hydrogen (secondary N) is 3.